The van der Waals surface area contributed by atoms with Crippen LogP contribution in [0.1, 0.15) is 11.1 Å². The van der Waals surface area contributed by atoms with Gasteiger partial charge in [0.25, 0.3) is 0 Å². The third kappa shape index (κ3) is 2.84. The van der Waals surface area contributed by atoms with E-state index in [0.29, 0.717) is 21.7 Å². The number of benzene rings is 2. The van der Waals surface area contributed by atoms with Crippen molar-refractivity contribution in [2.24, 2.45) is 0 Å². The van der Waals surface area contributed by atoms with E-state index in [0.717, 1.165) is 12.1 Å². The maximum Gasteiger partial charge on any atom is 0.416 e. The lowest BCUT2D eigenvalue weighted by atomic mass is 9.97. The van der Waals surface area contributed by atoms with Gasteiger partial charge in [-0.3, -0.25) is 0 Å². The van der Waals surface area contributed by atoms with Crippen LogP contribution in [0.5, 0.6) is 5.75 Å². The van der Waals surface area contributed by atoms with E-state index in [1.54, 1.807) is 6.92 Å². The lowest BCUT2D eigenvalue weighted by Crippen LogP contribution is -2.05. The van der Waals surface area contributed by atoms with Gasteiger partial charge in [-0.1, -0.05) is 17.7 Å². The van der Waals surface area contributed by atoms with Gasteiger partial charge in [0, 0.05) is 10.6 Å². The van der Waals surface area contributed by atoms with Gasteiger partial charge >= 0.3 is 6.18 Å². The Morgan fingerprint density at radius 2 is 1.68 bits per heavy atom. The van der Waals surface area contributed by atoms with Crippen molar-refractivity contribution in [3.8, 4) is 16.9 Å². The number of halogens is 4. The van der Waals surface area contributed by atoms with Crippen molar-refractivity contribution in [2.75, 3.05) is 0 Å². The highest BCUT2D eigenvalue weighted by Gasteiger charge is 2.30. The molecule has 0 spiro atoms. The smallest absolute Gasteiger partial charge is 0.416 e. The molecule has 0 amide bonds. The fraction of sp³-hybridized carbons (Fsp3) is 0.143. The second-order valence-electron chi connectivity index (χ2n) is 4.19. The molecule has 0 radical (unpaired) electrons. The summed E-state index contributed by atoms with van der Waals surface area (Å²) in [6.07, 6.45) is -4.38. The van der Waals surface area contributed by atoms with E-state index < -0.39 is 11.7 Å². The van der Waals surface area contributed by atoms with Crippen molar-refractivity contribution in [1.82, 2.24) is 0 Å². The standard InChI is InChI=1S/C14H10ClF3O/c1-8-6-9(14(16,17)18)2-4-11(8)12-7-10(15)3-5-13(12)19/h2-7,19H,1H3. The minimum absolute atomic E-state index is 0.0211. The maximum atomic E-state index is 12.6. The zero-order valence-corrected chi connectivity index (χ0v) is 10.7. The number of rotatable bonds is 1. The number of alkyl halides is 3. The molecule has 5 heteroatoms. The van der Waals surface area contributed by atoms with Gasteiger partial charge in [0.05, 0.1) is 5.56 Å². The average Bonchev–Trinajstić information content (AvgIpc) is 2.31. The van der Waals surface area contributed by atoms with Crippen LogP contribution >= 0.6 is 11.6 Å². The molecular weight excluding hydrogens is 277 g/mol. The van der Waals surface area contributed by atoms with Crippen LogP contribution in [0.3, 0.4) is 0 Å². The lowest BCUT2D eigenvalue weighted by Gasteiger charge is -2.12. The van der Waals surface area contributed by atoms with Gasteiger partial charge in [-0.15, -0.1) is 0 Å². The molecule has 2 aromatic rings. The number of hydrogen-bond acceptors (Lipinski definition) is 1. The van der Waals surface area contributed by atoms with E-state index in [4.69, 9.17) is 11.6 Å². The molecule has 0 aliphatic heterocycles. The minimum Gasteiger partial charge on any atom is -0.507 e. The van der Waals surface area contributed by atoms with Gasteiger partial charge in [0.2, 0.25) is 0 Å². The molecule has 2 aromatic carbocycles. The van der Waals surface area contributed by atoms with Gasteiger partial charge in [-0.2, -0.15) is 13.2 Å². The summed E-state index contributed by atoms with van der Waals surface area (Å²) in [7, 11) is 0. The highest BCUT2D eigenvalue weighted by molar-refractivity contribution is 6.31. The van der Waals surface area contributed by atoms with E-state index in [1.165, 1.54) is 24.3 Å². The predicted octanol–water partition coefficient (Wildman–Crippen LogP) is 5.04. The zero-order valence-electron chi connectivity index (χ0n) is 9.92. The number of aryl methyl sites for hydroxylation is 1. The van der Waals surface area contributed by atoms with Crippen LogP contribution in [-0.2, 0) is 6.18 Å². The molecule has 1 N–H and O–H groups in total. The SMILES string of the molecule is Cc1cc(C(F)(F)F)ccc1-c1cc(Cl)ccc1O. The van der Waals surface area contributed by atoms with Crippen LogP contribution in [0.4, 0.5) is 13.2 Å². The summed E-state index contributed by atoms with van der Waals surface area (Å²) in [5.74, 6) is -0.0211. The van der Waals surface area contributed by atoms with Gasteiger partial charge in [0.1, 0.15) is 5.75 Å². The topological polar surface area (TPSA) is 20.2 Å². The molecule has 0 saturated heterocycles. The summed E-state index contributed by atoms with van der Waals surface area (Å²) in [6, 6.07) is 7.82. The fourth-order valence-electron chi connectivity index (χ4n) is 1.87. The Kier molecular flexibility index (Phi) is 3.45. The van der Waals surface area contributed by atoms with Crippen LogP contribution in [0.15, 0.2) is 36.4 Å². The average molecular weight is 287 g/mol. The third-order valence-electron chi connectivity index (χ3n) is 2.80. The number of aromatic hydroxyl groups is 1. The summed E-state index contributed by atoms with van der Waals surface area (Å²) >= 11 is 5.83. The van der Waals surface area contributed by atoms with Crippen molar-refractivity contribution >= 4 is 11.6 Å². The maximum absolute atomic E-state index is 12.6. The first kappa shape index (κ1) is 13.7. The Hall–Kier alpha value is -1.68. The predicted molar refractivity (Wildman–Crippen MR) is 68.3 cm³/mol. The monoisotopic (exact) mass is 286 g/mol. The Bertz CT molecular complexity index is 621. The first-order valence-electron chi connectivity index (χ1n) is 5.46. The Morgan fingerprint density at radius 1 is 1.00 bits per heavy atom. The van der Waals surface area contributed by atoms with E-state index in [2.05, 4.69) is 0 Å². The largest absolute Gasteiger partial charge is 0.507 e. The first-order valence-corrected chi connectivity index (χ1v) is 5.83. The van der Waals surface area contributed by atoms with E-state index in [1.807, 2.05) is 0 Å². The van der Waals surface area contributed by atoms with Crippen molar-refractivity contribution in [3.63, 3.8) is 0 Å². The van der Waals surface area contributed by atoms with Crippen LogP contribution < -0.4 is 0 Å². The number of phenolic OH excluding ortho intramolecular Hbond substituents is 1. The lowest BCUT2D eigenvalue weighted by molar-refractivity contribution is -0.137. The van der Waals surface area contributed by atoms with Gasteiger partial charge in [0.15, 0.2) is 0 Å². The molecule has 0 saturated carbocycles. The van der Waals surface area contributed by atoms with Crippen LogP contribution in [0.2, 0.25) is 5.02 Å². The van der Waals surface area contributed by atoms with Gasteiger partial charge < -0.3 is 5.11 Å². The molecule has 100 valence electrons. The molecule has 0 heterocycles. The highest BCUT2D eigenvalue weighted by Crippen LogP contribution is 2.37. The van der Waals surface area contributed by atoms with E-state index >= 15 is 0 Å². The summed E-state index contributed by atoms with van der Waals surface area (Å²) in [6.45, 7) is 1.56. The quantitative estimate of drug-likeness (QED) is 0.778. The molecule has 19 heavy (non-hydrogen) atoms. The van der Waals surface area contributed by atoms with Gasteiger partial charge in [-0.25, -0.2) is 0 Å². The molecule has 0 fully saturated rings. The molecule has 1 nitrogen and oxygen atoms in total. The number of hydrogen-bond donors (Lipinski definition) is 1. The molecule has 0 atom stereocenters. The Balaban J connectivity index is 2.55. The summed E-state index contributed by atoms with van der Waals surface area (Å²) in [4.78, 5) is 0. The van der Waals surface area contributed by atoms with Crippen molar-refractivity contribution < 1.29 is 18.3 Å². The van der Waals surface area contributed by atoms with Crippen molar-refractivity contribution in [3.05, 3.63) is 52.5 Å². The van der Waals surface area contributed by atoms with Crippen molar-refractivity contribution in [1.29, 1.82) is 0 Å². The van der Waals surface area contributed by atoms with Crippen molar-refractivity contribution in [2.45, 2.75) is 13.1 Å². The summed E-state index contributed by atoms with van der Waals surface area (Å²) in [5, 5.41) is 10.2. The molecule has 0 aliphatic carbocycles. The molecule has 2 rings (SSSR count). The van der Waals surface area contributed by atoms with Crippen LogP contribution in [0.25, 0.3) is 11.1 Å². The molecule has 0 bridgehead atoms. The molecule has 0 unspecified atom stereocenters. The molecule has 0 aromatic heterocycles. The van der Waals surface area contributed by atoms with Crippen LogP contribution in [-0.4, -0.2) is 5.11 Å². The summed E-state index contributed by atoms with van der Waals surface area (Å²) in [5.41, 5.74) is 0.648. The Labute approximate surface area is 113 Å². The fourth-order valence-corrected chi connectivity index (χ4v) is 2.04. The van der Waals surface area contributed by atoms with Gasteiger partial charge in [-0.05, 0) is 48.4 Å². The normalized spacial score (nSPS) is 11.6. The zero-order chi connectivity index (χ0) is 14.2. The Morgan fingerprint density at radius 3 is 2.26 bits per heavy atom. The highest BCUT2D eigenvalue weighted by atomic mass is 35.5. The molecule has 0 aliphatic rings. The summed E-state index contributed by atoms with van der Waals surface area (Å²) < 4.78 is 37.7. The van der Waals surface area contributed by atoms with E-state index in [9.17, 15) is 18.3 Å². The third-order valence-corrected chi connectivity index (χ3v) is 3.04. The number of phenols is 1. The second-order valence-corrected chi connectivity index (χ2v) is 4.63. The first-order chi connectivity index (χ1) is 8.79. The van der Waals surface area contributed by atoms with E-state index in [-0.39, 0.29) is 5.75 Å². The second kappa shape index (κ2) is 4.78. The minimum atomic E-state index is -4.38. The molecular formula is C14H10ClF3O. The van der Waals surface area contributed by atoms with Crippen LogP contribution in [0, 0.1) is 6.92 Å².